The zero-order valence-corrected chi connectivity index (χ0v) is 63.6. The first kappa shape index (κ1) is 99.2. The minimum absolute atomic E-state index is 0.125. The number of benzene rings is 3. The molecule has 0 aliphatic heterocycles. The third kappa shape index (κ3) is 74.2. The molecule has 0 spiro atoms. The molecule has 0 bridgehead atoms. The number of esters is 3. The van der Waals surface area contributed by atoms with E-state index in [1.807, 2.05) is 139 Å². The smallest absolute Gasteiger partial charge is 0.407 e. The molecule has 0 aliphatic rings. The van der Waals surface area contributed by atoms with Gasteiger partial charge in [-0.2, -0.15) is 0 Å². The second-order valence-electron chi connectivity index (χ2n) is 27.0. The molecule has 0 saturated heterocycles. The number of nitrogens with one attached hydrogen (secondary N) is 4. The molecule has 0 aliphatic carbocycles. The van der Waals surface area contributed by atoms with Crippen molar-refractivity contribution in [1.82, 2.24) is 31.1 Å². The van der Waals surface area contributed by atoms with Gasteiger partial charge in [0.05, 0.1) is 0 Å². The van der Waals surface area contributed by atoms with Gasteiger partial charge in [-0.05, 0) is 171 Å². The van der Waals surface area contributed by atoms with Crippen LogP contribution in [0.25, 0.3) is 0 Å². The van der Waals surface area contributed by atoms with Crippen LogP contribution in [0.5, 0.6) is 0 Å². The Bertz CT molecular complexity index is 2670. The summed E-state index contributed by atoms with van der Waals surface area (Å²) in [6.45, 7) is 34.9. The van der Waals surface area contributed by atoms with E-state index in [1.54, 1.807) is 47.6 Å². The second kappa shape index (κ2) is 61.5. The zero-order chi connectivity index (χ0) is 79.1. The Morgan fingerprint density at radius 3 is 0.865 bits per heavy atom. The van der Waals surface area contributed by atoms with Gasteiger partial charge in [-0.3, -0.25) is 33.8 Å². The molecular weight excluding hydrogens is 1350 g/mol. The largest absolute Gasteiger partial charge is 0.481 e. The number of hydrogen-bond donors (Lipinski definition) is 8. The molecule has 4 amide bonds. The zero-order valence-electron chi connectivity index (χ0n) is 63.6. The molecule has 104 heavy (non-hydrogen) atoms. The van der Waals surface area contributed by atoms with Crippen molar-refractivity contribution in [2.75, 3.05) is 65.4 Å². The Balaban J connectivity index is -0.00000131. The van der Waals surface area contributed by atoms with Crippen LogP contribution in [-0.2, 0) is 86.8 Å². The van der Waals surface area contributed by atoms with Crippen molar-refractivity contribution in [3.05, 3.63) is 133 Å². The number of carboxylic acid groups (broad SMARTS) is 2. The average Bonchev–Trinajstić information content (AvgIpc) is 1.23. The number of hydrogen-bond acceptors (Lipinski definition) is 22. The van der Waals surface area contributed by atoms with Gasteiger partial charge < -0.3 is 69.4 Å². The molecule has 3 aromatic rings. The summed E-state index contributed by atoms with van der Waals surface area (Å²) in [6, 6.07) is 28.8. The minimum atomic E-state index is -0.815. The van der Waals surface area contributed by atoms with Crippen molar-refractivity contribution >= 4 is 60.5 Å². The highest BCUT2D eigenvalue weighted by Crippen LogP contribution is 2.12. The van der Waals surface area contributed by atoms with E-state index in [9.17, 15) is 47.9 Å². The summed E-state index contributed by atoms with van der Waals surface area (Å²) in [5, 5.41) is 43.2. The van der Waals surface area contributed by atoms with Gasteiger partial charge in [0.2, 0.25) is 0 Å². The quantitative estimate of drug-likeness (QED) is 0.00498. The van der Waals surface area contributed by atoms with E-state index in [-0.39, 0.29) is 37.4 Å². The highest BCUT2D eigenvalue weighted by atomic mass is 17.4. The number of rotatable bonds is 40. The molecule has 0 aromatic heterocycles. The van der Waals surface area contributed by atoms with Crippen molar-refractivity contribution in [3.8, 4) is 0 Å². The van der Waals surface area contributed by atoms with Gasteiger partial charge in [-0.1, -0.05) is 108 Å². The molecule has 28 nitrogen and oxygen atoms in total. The van der Waals surface area contributed by atoms with E-state index >= 15 is 0 Å². The predicted octanol–water partition coefficient (Wildman–Crippen LogP) is 13.4. The van der Waals surface area contributed by atoms with E-state index < -0.39 is 58.7 Å². The van der Waals surface area contributed by atoms with E-state index in [0.29, 0.717) is 136 Å². The van der Waals surface area contributed by atoms with Crippen molar-refractivity contribution < 1.29 is 107 Å². The first-order valence-corrected chi connectivity index (χ1v) is 34.9. The lowest BCUT2D eigenvalue weighted by molar-refractivity contribution is -0.465. The van der Waals surface area contributed by atoms with Crippen molar-refractivity contribution in [2.24, 2.45) is 0 Å². The fraction of sp³-hybridized carbons (Fsp3) is 0.579. The average molecular weight is 1470 g/mol. The SMILES string of the molecule is C=CCCCC(=O)O.C=CCCCC(=O)OCc1ccccc1.CC(C)(C)OC(=O)NCCN(CCCCC(=O)O)CCNC(=O)OC(C)(C)C.CC(C)(C)OC(=O)NCCN(CCCCC(=O)OCc1ccccc1)CCNC(=O)OC(C)(C)C.O=CCCCC(=O)OCc1ccccc1.OOO. The standard InChI is InChI=1S/C26H43N3O6.C19H37N3O6.C13H16O2.C12H14O3.C6H10O2.H2O3/c1-25(2,3)34-23(31)27-15-18-29(19-16-28-24(32)35-26(4,5)6)17-11-10-14-22(30)33-20-21-12-8-7-9-13-21;1-18(2,3)27-16(25)20-10-13-22(12-8-7-9-15(23)24)14-11-21-17(26)28-19(4,5)6;1-2-3-5-10-13(14)15-11-12-8-6-4-7-9-12;13-9-5-4-8-12(14)15-10-11-6-2-1-3-7-11;1-2-3-4-5-6(7)8;1-3-2/h7-9,12-13H,10-11,14-20H2,1-6H3,(H,27,31)(H,28,32);7-14H2,1-6H3,(H,20,25)(H,21,26)(H,23,24);2,4,6-9H,1,3,5,10-11H2;1-3,6-7,9H,4-5,8,10H2;2H,1,3-5H2,(H,7,8);1-2H. The maximum atomic E-state index is 12.0. The number of aldehydes is 1. The lowest BCUT2D eigenvalue weighted by Gasteiger charge is -2.24. The number of ether oxygens (including phenoxy) is 7. The van der Waals surface area contributed by atoms with Crippen LogP contribution in [0.15, 0.2) is 116 Å². The van der Waals surface area contributed by atoms with Crippen LogP contribution >= 0.6 is 0 Å². The van der Waals surface area contributed by atoms with E-state index in [2.05, 4.69) is 49.3 Å². The molecule has 0 atom stereocenters. The summed E-state index contributed by atoms with van der Waals surface area (Å²) in [6.07, 6.45) is 10.9. The van der Waals surface area contributed by atoms with Gasteiger partial charge in [0.15, 0.2) is 0 Å². The predicted molar refractivity (Wildman–Crippen MR) is 396 cm³/mol. The number of carbonyl (C=O) groups is 10. The van der Waals surface area contributed by atoms with Gasteiger partial charge in [-0.15, -0.1) is 13.2 Å². The number of unbranched alkanes of at least 4 members (excludes halogenated alkanes) is 5. The molecule has 0 fully saturated rings. The number of alkyl carbamates (subject to hydrolysis) is 4. The maximum Gasteiger partial charge on any atom is 0.407 e. The second-order valence-corrected chi connectivity index (χ2v) is 27.0. The lowest BCUT2D eigenvalue weighted by atomic mass is 10.2. The first-order valence-electron chi connectivity index (χ1n) is 34.9. The molecular formula is C76H122N6O22. The molecule has 0 radical (unpaired) electrons. The van der Waals surface area contributed by atoms with Gasteiger partial charge >= 0.3 is 54.2 Å². The number of aliphatic carboxylic acids is 2. The summed E-state index contributed by atoms with van der Waals surface area (Å²) in [7, 11) is 0. The van der Waals surface area contributed by atoms with Crippen LogP contribution in [0.2, 0.25) is 0 Å². The summed E-state index contributed by atoms with van der Waals surface area (Å²) >= 11 is 0. The molecule has 8 N–H and O–H groups in total. The topological polar surface area (TPSA) is 380 Å². The van der Waals surface area contributed by atoms with Gasteiger partial charge in [0.25, 0.3) is 0 Å². The number of nitrogens with zero attached hydrogens (tertiary/aromatic N) is 2. The Morgan fingerprint density at radius 1 is 0.375 bits per heavy atom. The van der Waals surface area contributed by atoms with Gasteiger partial charge in [0, 0.05) is 90.9 Å². The van der Waals surface area contributed by atoms with Crippen molar-refractivity contribution in [1.29, 1.82) is 0 Å². The summed E-state index contributed by atoms with van der Waals surface area (Å²) in [4.78, 5) is 116. The third-order valence-corrected chi connectivity index (χ3v) is 12.6. The Morgan fingerprint density at radius 2 is 0.615 bits per heavy atom. The van der Waals surface area contributed by atoms with Crippen LogP contribution < -0.4 is 21.3 Å². The summed E-state index contributed by atoms with van der Waals surface area (Å²) < 4.78 is 36.4. The fourth-order valence-electron chi connectivity index (χ4n) is 7.96. The molecule has 3 aromatic carbocycles. The van der Waals surface area contributed by atoms with Gasteiger partial charge in [0.1, 0.15) is 48.5 Å². The summed E-state index contributed by atoms with van der Waals surface area (Å²) in [5.41, 5.74) is 0.723. The molecule has 3 rings (SSSR count). The van der Waals surface area contributed by atoms with E-state index in [1.165, 1.54) is 0 Å². The van der Waals surface area contributed by atoms with Crippen LogP contribution in [0, 0.1) is 0 Å². The molecule has 0 unspecified atom stereocenters. The Labute approximate surface area is 616 Å². The molecule has 0 saturated carbocycles. The molecule has 588 valence electrons. The number of carboxylic acids is 2. The van der Waals surface area contributed by atoms with Crippen LogP contribution in [0.1, 0.15) is 196 Å². The highest BCUT2D eigenvalue weighted by Gasteiger charge is 2.20. The Hall–Kier alpha value is -8.96. The maximum absolute atomic E-state index is 12.0. The molecule has 28 heteroatoms. The van der Waals surface area contributed by atoms with E-state index in [4.69, 9.17) is 53.9 Å². The summed E-state index contributed by atoms with van der Waals surface area (Å²) in [5.74, 6) is -2.16. The van der Waals surface area contributed by atoms with Crippen molar-refractivity contribution in [3.63, 3.8) is 0 Å². The van der Waals surface area contributed by atoms with Crippen LogP contribution in [-0.4, -0.2) is 179 Å². The highest BCUT2D eigenvalue weighted by molar-refractivity contribution is 5.71. The molecule has 0 heterocycles. The van der Waals surface area contributed by atoms with Gasteiger partial charge in [-0.25, -0.2) is 29.7 Å². The number of amides is 4. The normalized spacial score (nSPS) is 10.7. The van der Waals surface area contributed by atoms with E-state index in [0.717, 1.165) is 48.7 Å². The van der Waals surface area contributed by atoms with Crippen LogP contribution in [0.4, 0.5) is 19.2 Å². The first-order chi connectivity index (χ1) is 49.0. The van der Waals surface area contributed by atoms with Crippen LogP contribution in [0.3, 0.4) is 0 Å². The minimum Gasteiger partial charge on any atom is -0.481 e. The number of allylic oxidation sites excluding steroid dienone is 2. The fourth-order valence-corrected chi connectivity index (χ4v) is 7.96. The lowest BCUT2D eigenvalue weighted by Crippen LogP contribution is -2.42. The third-order valence-electron chi connectivity index (χ3n) is 12.6. The monoisotopic (exact) mass is 1470 g/mol. The number of carbonyl (C=O) groups excluding carboxylic acids is 8. The van der Waals surface area contributed by atoms with Crippen molar-refractivity contribution in [2.45, 2.75) is 222 Å². The Kier molecular flexibility index (Phi) is 58.7.